The van der Waals surface area contributed by atoms with Gasteiger partial charge in [-0.05, 0) is 37.6 Å². The van der Waals surface area contributed by atoms with Crippen molar-refractivity contribution in [2.45, 2.75) is 19.9 Å². The number of nitrogens with zero attached hydrogens (tertiary/aromatic N) is 1. The van der Waals surface area contributed by atoms with Gasteiger partial charge in [-0.15, -0.1) is 0 Å². The summed E-state index contributed by atoms with van der Waals surface area (Å²) in [6, 6.07) is 4.99. The monoisotopic (exact) mass is 223 g/mol. The molecule has 0 aliphatic carbocycles. The summed E-state index contributed by atoms with van der Waals surface area (Å²) in [5, 5.41) is 17.9. The highest BCUT2D eigenvalue weighted by atomic mass is 16.4. The predicted octanol–water partition coefficient (Wildman–Crippen LogP) is 1.51. The number of aliphatic hydroxyl groups excluding tert-OH is 1. The third-order valence-electron chi connectivity index (χ3n) is 2.75. The van der Waals surface area contributed by atoms with E-state index in [1.54, 1.807) is 18.2 Å². The molecule has 0 aliphatic rings. The number of aromatic carboxylic acids is 1. The van der Waals surface area contributed by atoms with Crippen LogP contribution >= 0.6 is 0 Å². The fourth-order valence-electron chi connectivity index (χ4n) is 1.54. The van der Waals surface area contributed by atoms with E-state index in [1.807, 2.05) is 25.8 Å². The molecule has 1 rings (SSSR count). The maximum atomic E-state index is 10.8. The number of likely N-dealkylation sites (N-methyl/N-ethyl adjacent to an activating group) is 1. The normalized spacial score (nSPS) is 12.2. The second-order valence-corrected chi connectivity index (χ2v) is 3.95. The summed E-state index contributed by atoms with van der Waals surface area (Å²) in [5.41, 5.74) is 2.11. The zero-order valence-electron chi connectivity index (χ0n) is 9.77. The van der Waals surface area contributed by atoms with E-state index in [2.05, 4.69) is 0 Å². The van der Waals surface area contributed by atoms with Crippen molar-refractivity contribution in [2.75, 3.05) is 18.6 Å². The fourth-order valence-corrected chi connectivity index (χ4v) is 1.54. The van der Waals surface area contributed by atoms with E-state index in [9.17, 15) is 4.79 Å². The Bertz CT molecular complexity index is 390. The van der Waals surface area contributed by atoms with Gasteiger partial charge in [0, 0.05) is 18.8 Å². The van der Waals surface area contributed by atoms with Gasteiger partial charge in [0.15, 0.2) is 0 Å². The van der Waals surface area contributed by atoms with E-state index in [0.29, 0.717) is 0 Å². The first-order chi connectivity index (χ1) is 7.47. The van der Waals surface area contributed by atoms with Crippen LogP contribution in [0.15, 0.2) is 18.2 Å². The number of benzene rings is 1. The number of hydrogen-bond acceptors (Lipinski definition) is 3. The zero-order valence-corrected chi connectivity index (χ0v) is 9.77. The van der Waals surface area contributed by atoms with Gasteiger partial charge in [0.1, 0.15) is 0 Å². The lowest BCUT2D eigenvalue weighted by atomic mass is 10.1. The van der Waals surface area contributed by atoms with Crippen LogP contribution in [-0.2, 0) is 0 Å². The molecule has 4 heteroatoms. The van der Waals surface area contributed by atoms with Crippen molar-refractivity contribution in [3.8, 4) is 0 Å². The number of rotatable bonds is 4. The van der Waals surface area contributed by atoms with E-state index < -0.39 is 5.97 Å². The number of hydrogen-bond donors (Lipinski definition) is 2. The average molecular weight is 223 g/mol. The third kappa shape index (κ3) is 2.52. The van der Waals surface area contributed by atoms with Gasteiger partial charge >= 0.3 is 5.97 Å². The van der Waals surface area contributed by atoms with E-state index in [0.717, 1.165) is 11.3 Å². The molecule has 0 radical (unpaired) electrons. The highest BCUT2D eigenvalue weighted by Crippen LogP contribution is 2.21. The van der Waals surface area contributed by atoms with Crippen molar-refractivity contribution in [1.29, 1.82) is 0 Å². The molecule has 0 spiro atoms. The number of carboxylic acid groups (broad SMARTS) is 1. The molecule has 88 valence electrons. The summed E-state index contributed by atoms with van der Waals surface area (Å²) in [5.74, 6) is -0.924. The summed E-state index contributed by atoms with van der Waals surface area (Å²) in [4.78, 5) is 12.7. The Morgan fingerprint density at radius 1 is 1.50 bits per heavy atom. The third-order valence-corrected chi connectivity index (χ3v) is 2.75. The lowest BCUT2D eigenvalue weighted by Crippen LogP contribution is -2.32. The Balaban J connectivity index is 3.03. The predicted molar refractivity (Wildman–Crippen MR) is 63.1 cm³/mol. The van der Waals surface area contributed by atoms with E-state index in [1.165, 1.54) is 0 Å². The van der Waals surface area contributed by atoms with Gasteiger partial charge in [0.2, 0.25) is 0 Å². The van der Waals surface area contributed by atoms with E-state index in [-0.39, 0.29) is 18.2 Å². The second-order valence-electron chi connectivity index (χ2n) is 3.95. The van der Waals surface area contributed by atoms with Crippen molar-refractivity contribution < 1.29 is 15.0 Å². The quantitative estimate of drug-likeness (QED) is 0.812. The molecule has 1 aromatic rings. The molecule has 1 aromatic carbocycles. The average Bonchev–Trinajstić information content (AvgIpc) is 2.26. The van der Waals surface area contributed by atoms with Gasteiger partial charge in [-0.2, -0.15) is 0 Å². The molecule has 0 amide bonds. The van der Waals surface area contributed by atoms with E-state index in [4.69, 9.17) is 10.2 Å². The van der Waals surface area contributed by atoms with Crippen LogP contribution in [0.2, 0.25) is 0 Å². The largest absolute Gasteiger partial charge is 0.478 e. The molecule has 0 fully saturated rings. The molecule has 1 atom stereocenters. The minimum Gasteiger partial charge on any atom is -0.478 e. The van der Waals surface area contributed by atoms with Crippen LogP contribution in [0.5, 0.6) is 0 Å². The second kappa shape index (κ2) is 4.99. The van der Waals surface area contributed by atoms with Gasteiger partial charge in [0.05, 0.1) is 12.2 Å². The maximum Gasteiger partial charge on any atom is 0.335 e. The molecule has 16 heavy (non-hydrogen) atoms. The smallest absolute Gasteiger partial charge is 0.335 e. The molecular weight excluding hydrogens is 206 g/mol. The Hall–Kier alpha value is -1.55. The van der Waals surface area contributed by atoms with Crippen molar-refractivity contribution in [3.63, 3.8) is 0 Å². The zero-order chi connectivity index (χ0) is 12.3. The highest BCUT2D eigenvalue weighted by molar-refractivity contribution is 5.88. The Labute approximate surface area is 95.1 Å². The van der Waals surface area contributed by atoms with Gasteiger partial charge in [-0.25, -0.2) is 4.79 Å². The van der Waals surface area contributed by atoms with Crippen molar-refractivity contribution >= 4 is 11.7 Å². The van der Waals surface area contributed by atoms with Gasteiger partial charge in [0.25, 0.3) is 0 Å². The summed E-state index contributed by atoms with van der Waals surface area (Å²) in [7, 11) is 1.88. The molecule has 0 saturated carbocycles. The number of carbonyl (C=O) groups is 1. The lowest BCUT2D eigenvalue weighted by Gasteiger charge is -2.27. The SMILES string of the molecule is Cc1cc(C(=O)O)ccc1N(C)C(C)CO. The summed E-state index contributed by atoms with van der Waals surface area (Å²) in [6.07, 6.45) is 0. The molecule has 4 nitrogen and oxygen atoms in total. The standard InChI is InChI=1S/C12H17NO3/c1-8-6-10(12(15)16)4-5-11(8)13(3)9(2)7-14/h4-6,9,14H,7H2,1-3H3,(H,15,16). The fraction of sp³-hybridized carbons (Fsp3) is 0.417. The molecule has 0 aromatic heterocycles. The first-order valence-electron chi connectivity index (χ1n) is 5.15. The Kier molecular flexibility index (Phi) is 3.90. The topological polar surface area (TPSA) is 60.8 Å². The van der Waals surface area contributed by atoms with Crippen molar-refractivity contribution in [3.05, 3.63) is 29.3 Å². The minimum atomic E-state index is -0.924. The van der Waals surface area contributed by atoms with Crippen LogP contribution < -0.4 is 4.90 Å². The Morgan fingerprint density at radius 3 is 2.56 bits per heavy atom. The molecular formula is C12H17NO3. The first-order valence-corrected chi connectivity index (χ1v) is 5.15. The molecule has 0 aliphatic heterocycles. The van der Waals surface area contributed by atoms with Crippen molar-refractivity contribution in [1.82, 2.24) is 0 Å². The molecule has 0 bridgehead atoms. The molecule has 0 saturated heterocycles. The van der Waals surface area contributed by atoms with E-state index >= 15 is 0 Å². The molecule has 0 heterocycles. The number of anilines is 1. The number of aryl methyl sites for hydroxylation is 1. The van der Waals surface area contributed by atoms with Gasteiger partial charge in [-0.3, -0.25) is 0 Å². The summed E-state index contributed by atoms with van der Waals surface area (Å²) in [6.45, 7) is 3.84. The van der Waals surface area contributed by atoms with Gasteiger partial charge < -0.3 is 15.1 Å². The number of aliphatic hydroxyl groups is 1. The summed E-state index contributed by atoms with van der Waals surface area (Å²) >= 11 is 0. The van der Waals surface area contributed by atoms with Gasteiger partial charge in [-0.1, -0.05) is 0 Å². The highest BCUT2D eigenvalue weighted by Gasteiger charge is 2.12. The first kappa shape index (κ1) is 12.5. The summed E-state index contributed by atoms with van der Waals surface area (Å²) < 4.78 is 0. The lowest BCUT2D eigenvalue weighted by molar-refractivity contribution is 0.0697. The van der Waals surface area contributed by atoms with Crippen LogP contribution in [0.25, 0.3) is 0 Å². The van der Waals surface area contributed by atoms with Crippen LogP contribution in [0, 0.1) is 6.92 Å². The Morgan fingerprint density at radius 2 is 2.12 bits per heavy atom. The van der Waals surface area contributed by atoms with Crippen LogP contribution in [0.3, 0.4) is 0 Å². The molecule has 1 unspecified atom stereocenters. The van der Waals surface area contributed by atoms with Crippen LogP contribution in [0.1, 0.15) is 22.8 Å². The van der Waals surface area contributed by atoms with Crippen LogP contribution in [-0.4, -0.2) is 35.9 Å². The number of carboxylic acids is 1. The van der Waals surface area contributed by atoms with Crippen molar-refractivity contribution in [2.24, 2.45) is 0 Å². The van der Waals surface area contributed by atoms with Crippen LogP contribution in [0.4, 0.5) is 5.69 Å². The molecule has 2 N–H and O–H groups in total. The minimum absolute atomic E-state index is 0.00868. The maximum absolute atomic E-state index is 10.8.